The molecule has 4 unspecified atom stereocenters. The quantitative estimate of drug-likeness (QED) is 0.192. The van der Waals surface area contributed by atoms with Gasteiger partial charge in [-0.05, 0) is 36.4 Å². The highest BCUT2D eigenvalue weighted by molar-refractivity contribution is 14.1. The number of carbonyl (C=O) groups is 1. The molecular weight excluding hydrogens is 483 g/mol. The molecule has 4 nitrogen and oxygen atoms in total. The molecule has 1 aliphatic heterocycles. The molecule has 28 heavy (non-hydrogen) atoms. The molecule has 1 N–H and O–H groups in total. The molecule has 2 saturated carbocycles. The van der Waals surface area contributed by atoms with Crippen LogP contribution in [0.5, 0.6) is 0 Å². The maximum absolute atomic E-state index is 13.1. The lowest BCUT2D eigenvalue weighted by Crippen LogP contribution is -2.61. The van der Waals surface area contributed by atoms with Gasteiger partial charge in [-0.25, -0.2) is 0 Å². The van der Waals surface area contributed by atoms with Crippen molar-refractivity contribution < 1.29 is 19.1 Å². The van der Waals surface area contributed by atoms with E-state index in [1.165, 1.54) is 0 Å². The van der Waals surface area contributed by atoms with Gasteiger partial charge in [-0.15, -0.1) is 0 Å². The molecule has 1 spiro atoms. The maximum atomic E-state index is 13.1. The monoisotopic (exact) mass is 518 g/mol. The van der Waals surface area contributed by atoms with Crippen LogP contribution in [0.15, 0.2) is 12.2 Å². The molecule has 158 valence electrons. The summed E-state index contributed by atoms with van der Waals surface area (Å²) in [5.41, 5.74) is -0.612. The van der Waals surface area contributed by atoms with Crippen molar-refractivity contribution in [2.45, 2.75) is 80.9 Å². The fourth-order valence-electron chi connectivity index (χ4n) is 6.32. The molecule has 0 aromatic carbocycles. The molecule has 4 rings (SSSR count). The Labute approximate surface area is 184 Å². The van der Waals surface area contributed by atoms with Gasteiger partial charge in [-0.3, -0.25) is 4.79 Å². The van der Waals surface area contributed by atoms with Crippen LogP contribution in [0.2, 0.25) is 18.1 Å². The summed E-state index contributed by atoms with van der Waals surface area (Å²) in [6, 6.07) is 0. The first-order valence-corrected chi connectivity index (χ1v) is 14.9. The molecule has 1 heterocycles. The topological polar surface area (TPSA) is 55.8 Å². The molecular formula is C22H35IO4Si. The molecule has 0 amide bonds. The summed E-state index contributed by atoms with van der Waals surface area (Å²) in [6.45, 7) is 15.7. The highest BCUT2D eigenvalue weighted by Crippen LogP contribution is 2.67. The van der Waals surface area contributed by atoms with Crippen LogP contribution in [-0.2, 0) is 14.0 Å². The number of hydrogen-bond acceptors (Lipinski definition) is 4. The zero-order chi connectivity index (χ0) is 20.8. The van der Waals surface area contributed by atoms with E-state index in [0.29, 0.717) is 0 Å². The van der Waals surface area contributed by atoms with Gasteiger partial charge in [0.1, 0.15) is 5.60 Å². The predicted molar refractivity (Wildman–Crippen MR) is 121 cm³/mol. The Morgan fingerprint density at radius 1 is 1.29 bits per heavy atom. The van der Waals surface area contributed by atoms with E-state index in [1.807, 2.05) is 0 Å². The van der Waals surface area contributed by atoms with E-state index < -0.39 is 20.0 Å². The smallest absolute Gasteiger partial charge is 0.310 e. The van der Waals surface area contributed by atoms with Crippen molar-refractivity contribution in [1.29, 1.82) is 0 Å². The lowest BCUT2D eigenvalue weighted by atomic mass is 9.59. The first kappa shape index (κ1) is 21.3. The lowest BCUT2D eigenvalue weighted by molar-refractivity contribution is -0.166. The summed E-state index contributed by atoms with van der Waals surface area (Å²) in [6.07, 6.45) is 4.97. The Hall–Kier alpha value is 0.0769. The van der Waals surface area contributed by atoms with E-state index in [4.69, 9.17) is 9.16 Å². The predicted octanol–water partition coefficient (Wildman–Crippen LogP) is 4.56. The van der Waals surface area contributed by atoms with Crippen LogP contribution in [0.25, 0.3) is 0 Å². The first-order valence-electron chi connectivity index (χ1n) is 10.7. The van der Waals surface area contributed by atoms with Crippen LogP contribution in [-0.4, -0.2) is 41.1 Å². The van der Waals surface area contributed by atoms with Crippen LogP contribution in [0.4, 0.5) is 0 Å². The van der Waals surface area contributed by atoms with Crippen molar-refractivity contribution in [3.8, 4) is 0 Å². The number of esters is 1. The van der Waals surface area contributed by atoms with Crippen molar-refractivity contribution in [1.82, 2.24) is 0 Å². The van der Waals surface area contributed by atoms with E-state index in [9.17, 15) is 9.90 Å². The van der Waals surface area contributed by atoms with Gasteiger partial charge in [0.15, 0.2) is 8.32 Å². The second kappa shape index (κ2) is 6.54. The highest BCUT2D eigenvalue weighted by Gasteiger charge is 2.77. The van der Waals surface area contributed by atoms with Crippen molar-refractivity contribution in [3.63, 3.8) is 0 Å². The SMILES string of the molecule is CC1C(O[Si](C)(C)C(C)(C)C)[C@H]2C=CC[C@@H](C)[C@@H]3C(O)C(I)[C@H]4[C@H]1C(=O)O[C@@]234. The molecule has 3 aliphatic carbocycles. The number of halogens is 1. The average molecular weight is 519 g/mol. The third-order valence-corrected chi connectivity index (χ3v) is 14.7. The third kappa shape index (κ3) is 2.62. The Balaban J connectivity index is 1.84. The van der Waals surface area contributed by atoms with Gasteiger partial charge in [0, 0.05) is 21.7 Å². The van der Waals surface area contributed by atoms with Crippen molar-refractivity contribution in [3.05, 3.63) is 12.2 Å². The Morgan fingerprint density at radius 2 is 1.93 bits per heavy atom. The molecule has 3 fully saturated rings. The molecule has 6 heteroatoms. The van der Waals surface area contributed by atoms with Crippen molar-refractivity contribution in [2.24, 2.45) is 35.5 Å². The van der Waals surface area contributed by atoms with Gasteiger partial charge in [0.05, 0.1) is 18.1 Å². The van der Waals surface area contributed by atoms with E-state index in [2.05, 4.69) is 82.5 Å². The molecule has 0 aromatic heterocycles. The fraction of sp³-hybridized carbons (Fsp3) is 0.864. The Kier molecular flexibility index (Phi) is 4.98. The zero-order valence-corrected chi connectivity index (χ0v) is 21.3. The summed E-state index contributed by atoms with van der Waals surface area (Å²) < 4.78 is 13.4. The summed E-state index contributed by atoms with van der Waals surface area (Å²) in [5.74, 6) is 0.210. The van der Waals surface area contributed by atoms with Crippen LogP contribution in [0.1, 0.15) is 41.0 Å². The number of alkyl halides is 1. The number of ether oxygens (including phenoxy) is 1. The maximum Gasteiger partial charge on any atom is 0.310 e. The normalized spacial score (nSPS) is 50.3. The molecule has 1 saturated heterocycles. The van der Waals surface area contributed by atoms with Crippen LogP contribution < -0.4 is 0 Å². The van der Waals surface area contributed by atoms with Gasteiger partial charge in [0.25, 0.3) is 0 Å². The third-order valence-electron chi connectivity index (χ3n) is 8.68. The lowest BCUT2D eigenvalue weighted by Gasteiger charge is -2.52. The molecule has 0 aromatic rings. The van der Waals surface area contributed by atoms with Gasteiger partial charge in [-0.2, -0.15) is 0 Å². The number of hydrogen-bond donors (Lipinski definition) is 1. The summed E-state index contributed by atoms with van der Waals surface area (Å²) in [7, 11) is -2.02. The minimum absolute atomic E-state index is 0.0219. The largest absolute Gasteiger partial charge is 0.457 e. The molecule has 4 aliphatic rings. The average Bonchev–Trinajstić information content (AvgIpc) is 2.87. The van der Waals surface area contributed by atoms with Gasteiger partial charge < -0.3 is 14.3 Å². The minimum atomic E-state index is -2.02. The van der Waals surface area contributed by atoms with E-state index >= 15 is 0 Å². The number of aliphatic hydroxyl groups excluding tert-OH is 1. The molecule has 2 bridgehead atoms. The van der Waals surface area contributed by atoms with Gasteiger partial charge in [-0.1, -0.05) is 69.4 Å². The van der Waals surface area contributed by atoms with Crippen LogP contribution in [0.3, 0.4) is 0 Å². The minimum Gasteiger partial charge on any atom is -0.457 e. The fourth-order valence-corrected chi connectivity index (χ4v) is 9.17. The second-order valence-electron chi connectivity index (χ2n) is 11.2. The Morgan fingerprint density at radius 3 is 2.54 bits per heavy atom. The number of allylic oxidation sites excluding steroid dienone is 1. The van der Waals surface area contributed by atoms with Gasteiger partial charge >= 0.3 is 5.97 Å². The summed E-state index contributed by atoms with van der Waals surface area (Å²) >= 11 is 2.39. The van der Waals surface area contributed by atoms with E-state index in [1.54, 1.807) is 0 Å². The number of rotatable bonds is 2. The standard InChI is InChI=1S/C22H35IO4Si/c1-11-9-8-10-13-19(27-28(6,7)21(3,4)5)12(2)14-16-17(23)18(24)15(11)22(13,16)26-20(14)25/h8,10-19,24H,9H2,1-7H3/t11-,12?,13-,14+,15-,16-,17?,18?,19?,22+/m1/s1. The molecule has 10 atom stereocenters. The van der Waals surface area contributed by atoms with Crippen molar-refractivity contribution >= 4 is 36.9 Å². The number of carbonyl (C=O) groups excluding carboxylic acids is 1. The zero-order valence-electron chi connectivity index (χ0n) is 18.1. The summed E-state index contributed by atoms with van der Waals surface area (Å²) in [5, 5.41) is 11.3. The second-order valence-corrected chi connectivity index (χ2v) is 17.4. The summed E-state index contributed by atoms with van der Waals surface area (Å²) in [4.78, 5) is 13.1. The van der Waals surface area contributed by atoms with Crippen LogP contribution >= 0.6 is 22.6 Å². The first-order chi connectivity index (χ1) is 12.8. The highest BCUT2D eigenvalue weighted by atomic mass is 127. The molecule has 0 radical (unpaired) electrons. The van der Waals surface area contributed by atoms with E-state index in [0.717, 1.165) is 6.42 Å². The number of aliphatic hydroxyl groups is 1. The van der Waals surface area contributed by atoms with Gasteiger partial charge in [0.2, 0.25) is 0 Å². The van der Waals surface area contributed by atoms with Crippen molar-refractivity contribution in [2.75, 3.05) is 0 Å². The van der Waals surface area contributed by atoms with Crippen LogP contribution in [0, 0.1) is 35.5 Å². The Bertz CT molecular complexity index is 701. The van der Waals surface area contributed by atoms with E-state index in [-0.39, 0.29) is 56.5 Å².